The quantitative estimate of drug-likeness (QED) is 0.282. The van der Waals surface area contributed by atoms with Gasteiger partial charge in [-0.15, -0.1) is 0 Å². The van der Waals surface area contributed by atoms with Crippen molar-refractivity contribution >= 4 is 11.8 Å². The van der Waals surface area contributed by atoms with Gasteiger partial charge in [-0.05, 0) is 100 Å². The van der Waals surface area contributed by atoms with Gasteiger partial charge in [-0.3, -0.25) is 4.79 Å². The van der Waals surface area contributed by atoms with Crippen LogP contribution < -0.4 is 10.2 Å². The number of benzene rings is 2. The summed E-state index contributed by atoms with van der Waals surface area (Å²) in [5, 5.41) is 0. The maximum atomic E-state index is 12.9. The van der Waals surface area contributed by atoms with Gasteiger partial charge in [0, 0.05) is 22.6 Å². The zero-order valence-corrected chi connectivity index (χ0v) is 22.3. The standard InChI is InChI=1S/C29H38O3S/c1-9-29(7,8)32-11-13-33-12-10-31-23-16-21(5)25(22(6)17-23)27-26(28(27)30)24-19(3)14-18(2)15-20(24)4/h14-17H,9-13H2,1-8H3. The van der Waals surface area contributed by atoms with Crippen LogP contribution in [0.15, 0.2) is 29.1 Å². The number of aryl methyl sites for hydroxylation is 5. The number of rotatable bonds is 11. The van der Waals surface area contributed by atoms with E-state index >= 15 is 0 Å². The molecule has 0 unspecified atom stereocenters. The molecular weight excluding hydrogens is 428 g/mol. The van der Waals surface area contributed by atoms with E-state index in [1.54, 1.807) is 0 Å². The van der Waals surface area contributed by atoms with Crippen LogP contribution in [-0.4, -0.2) is 30.3 Å². The van der Waals surface area contributed by atoms with Crippen molar-refractivity contribution in [3.63, 3.8) is 0 Å². The van der Waals surface area contributed by atoms with E-state index in [4.69, 9.17) is 9.47 Å². The molecule has 0 atom stereocenters. The van der Waals surface area contributed by atoms with Crippen molar-refractivity contribution in [1.82, 2.24) is 0 Å². The lowest BCUT2D eigenvalue weighted by molar-refractivity contribution is -0.0109. The number of hydrogen-bond donors (Lipinski definition) is 0. The Bertz CT molecular complexity index is 1090. The molecule has 0 aliphatic rings. The number of thioether (sulfide) groups is 1. The van der Waals surface area contributed by atoms with Crippen molar-refractivity contribution in [2.45, 2.75) is 67.4 Å². The Morgan fingerprint density at radius 3 is 1.76 bits per heavy atom. The van der Waals surface area contributed by atoms with Crippen LogP contribution in [-0.2, 0) is 4.74 Å². The van der Waals surface area contributed by atoms with Crippen molar-refractivity contribution in [2.24, 2.45) is 0 Å². The molecule has 0 fully saturated rings. The lowest BCUT2D eigenvalue weighted by Gasteiger charge is -2.23. The fourth-order valence-corrected chi connectivity index (χ4v) is 5.03. The van der Waals surface area contributed by atoms with Crippen LogP contribution in [0, 0.1) is 34.6 Å². The third-order valence-corrected chi connectivity index (χ3v) is 7.30. The first-order chi connectivity index (χ1) is 15.6. The molecule has 0 radical (unpaired) electrons. The summed E-state index contributed by atoms with van der Waals surface area (Å²) in [5.41, 5.74) is 9.81. The van der Waals surface area contributed by atoms with Crippen LogP contribution in [0.3, 0.4) is 0 Å². The first-order valence-electron chi connectivity index (χ1n) is 11.9. The lowest BCUT2D eigenvalue weighted by atomic mass is 9.95. The molecule has 3 aromatic rings. The van der Waals surface area contributed by atoms with Gasteiger partial charge in [0.2, 0.25) is 0 Å². The maximum Gasteiger partial charge on any atom is 0.195 e. The highest BCUT2D eigenvalue weighted by atomic mass is 32.2. The highest BCUT2D eigenvalue weighted by Crippen LogP contribution is 2.42. The summed E-state index contributed by atoms with van der Waals surface area (Å²) < 4.78 is 11.9. The molecule has 0 aliphatic carbocycles. The topological polar surface area (TPSA) is 35.5 Å². The molecule has 0 amide bonds. The third-order valence-electron chi connectivity index (χ3n) is 6.39. The van der Waals surface area contributed by atoms with Crippen LogP contribution in [0.4, 0.5) is 0 Å². The van der Waals surface area contributed by atoms with Crippen molar-refractivity contribution in [2.75, 3.05) is 24.7 Å². The normalized spacial score (nSPS) is 12.0. The van der Waals surface area contributed by atoms with E-state index in [2.05, 4.69) is 79.7 Å². The molecule has 0 saturated heterocycles. The molecule has 3 rings (SSSR count). The molecule has 0 N–H and O–H groups in total. The summed E-state index contributed by atoms with van der Waals surface area (Å²) in [5.74, 6) is 2.77. The fraction of sp³-hybridized carbons (Fsp3) is 0.483. The molecule has 0 bridgehead atoms. The second kappa shape index (κ2) is 10.5. The average molecular weight is 467 g/mol. The van der Waals surface area contributed by atoms with Crippen molar-refractivity contribution in [3.8, 4) is 28.0 Å². The molecule has 178 valence electrons. The summed E-state index contributed by atoms with van der Waals surface area (Å²) in [4.78, 5) is 12.9. The van der Waals surface area contributed by atoms with Crippen LogP contribution >= 0.6 is 11.8 Å². The van der Waals surface area contributed by atoms with Crippen LogP contribution in [0.5, 0.6) is 5.75 Å². The zero-order valence-electron chi connectivity index (χ0n) is 21.5. The van der Waals surface area contributed by atoms with E-state index in [1.807, 2.05) is 11.8 Å². The second-order valence-electron chi connectivity index (χ2n) is 9.71. The van der Waals surface area contributed by atoms with Gasteiger partial charge in [0.25, 0.3) is 0 Å². The molecule has 0 spiro atoms. The second-order valence-corrected chi connectivity index (χ2v) is 10.9. The molecule has 33 heavy (non-hydrogen) atoms. The zero-order chi connectivity index (χ0) is 24.3. The SMILES string of the molecule is CCC(C)(C)OCCSCCOc1cc(C)c(-c2c(-c3c(C)cc(C)cc3C)c2=O)c(C)c1. The molecule has 0 aromatic heterocycles. The Hall–Kier alpha value is -2.04. The highest BCUT2D eigenvalue weighted by molar-refractivity contribution is 7.99. The van der Waals surface area contributed by atoms with Crippen molar-refractivity contribution < 1.29 is 9.47 Å². The van der Waals surface area contributed by atoms with Gasteiger partial charge in [-0.1, -0.05) is 24.6 Å². The van der Waals surface area contributed by atoms with Gasteiger partial charge in [-0.2, -0.15) is 11.8 Å². The van der Waals surface area contributed by atoms with E-state index in [0.29, 0.717) is 6.61 Å². The van der Waals surface area contributed by atoms with Gasteiger partial charge in [-0.25, -0.2) is 0 Å². The minimum atomic E-state index is -0.0387. The Balaban J connectivity index is 1.62. The molecule has 0 heterocycles. The Morgan fingerprint density at radius 1 is 0.758 bits per heavy atom. The third kappa shape index (κ3) is 6.10. The van der Waals surface area contributed by atoms with E-state index in [9.17, 15) is 4.79 Å². The van der Waals surface area contributed by atoms with Gasteiger partial charge >= 0.3 is 0 Å². The highest BCUT2D eigenvalue weighted by Gasteiger charge is 2.30. The summed E-state index contributed by atoms with van der Waals surface area (Å²) >= 11 is 1.85. The van der Waals surface area contributed by atoms with Crippen molar-refractivity contribution in [3.05, 3.63) is 62.3 Å². The number of hydrogen-bond acceptors (Lipinski definition) is 4. The first kappa shape index (κ1) is 25.6. The molecule has 3 aromatic carbocycles. The smallest absolute Gasteiger partial charge is 0.195 e. The monoisotopic (exact) mass is 466 g/mol. The van der Waals surface area contributed by atoms with E-state index in [1.165, 1.54) is 16.7 Å². The maximum absolute atomic E-state index is 12.9. The molecule has 4 heteroatoms. The summed E-state index contributed by atoms with van der Waals surface area (Å²) in [7, 11) is 0. The largest absolute Gasteiger partial charge is 0.493 e. The first-order valence-corrected chi connectivity index (χ1v) is 13.0. The van der Waals surface area contributed by atoms with E-state index in [-0.39, 0.29) is 11.0 Å². The Labute approximate surface area is 203 Å². The predicted octanol–water partition coefficient (Wildman–Crippen LogP) is 7.12. The Morgan fingerprint density at radius 2 is 1.24 bits per heavy atom. The summed E-state index contributed by atoms with van der Waals surface area (Å²) in [6.07, 6.45) is 1.02. The van der Waals surface area contributed by atoms with E-state index < -0.39 is 0 Å². The van der Waals surface area contributed by atoms with Gasteiger partial charge < -0.3 is 9.47 Å². The van der Waals surface area contributed by atoms with Gasteiger partial charge in [0.15, 0.2) is 5.43 Å². The predicted molar refractivity (Wildman–Crippen MR) is 143 cm³/mol. The molecule has 0 saturated carbocycles. The Kier molecular flexibility index (Phi) is 8.13. The van der Waals surface area contributed by atoms with E-state index in [0.717, 1.165) is 63.7 Å². The fourth-order valence-electron chi connectivity index (χ4n) is 4.42. The number of ether oxygens (including phenoxy) is 2. The average Bonchev–Trinajstić information content (AvgIpc) is 3.35. The summed E-state index contributed by atoms with van der Waals surface area (Å²) in [6.45, 7) is 18.3. The minimum absolute atomic E-state index is 0.0387. The van der Waals surface area contributed by atoms with Crippen molar-refractivity contribution in [1.29, 1.82) is 0 Å². The van der Waals surface area contributed by atoms with Crippen LogP contribution in [0.25, 0.3) is 22.3 Å². The molecule has 0 aliphatic heterocycles. The van der Waals surface area contributed by atoms with Gasteiger partial charge in [0.05, 0.1) is 18.8 Å². The van der Waals surface area contributed by atoms with Crippen LogP contribution in [0.1, 0.15) is 55.0 Å². The summed E-state index contributed by atoms with van der Waals surface area (Å²) in [6, 6.07) is 8.43. The molecular formula is C29H38O3S. The lowest BCUT2D eigenvalue weighted by Crippen LogP contribution is -2.24. The van der Waals surface area contributed by atoms with Crippen LogP contribution in [0.2, 0.25) is 0 Å². The molecule has 3 nitrogen and oxygen atoms in total. The minimum Gasteiger partial charge on any atom is -0.493 e. The van der Waals surface area contributed by atoms with Gasteiger partial charge in [0.1, 0.15) is 5.75 Å².